The van der Waals surface area contributed by atoms with Crippen molar-refractivity contribution in [1.82, 2.24) is 5.32 Å². The maximum atomic E-state index is 3.70. The highest BCUT2D eigenvalue weighted by molar-refractivity contribution is 5.37. The molecular weight excluding hydrogens is 218 g/mol. The Bertz CT molecular complexity index is 532. The van der Waals surface area contributed by atoms with E-state index < -0.39 is 0 Å². The molecule has 0 fully saturated rings. The molecule has 0 aliphatic carbocycles. The first-order valence-corrected chi connectivity index (χ1v) is 6.65. The lowest BCUT2D eigenvalue weighted by Crippen LogP contribution is -2.46. The van der Waals surface area contributed by atoms with E-state index in [1.54, 1.807) is 0 Å². The van der Waals surface area contributed by atoms with Gasteiger partial charge in [-0.3, -0.25) is 0 Å². The maximum Gasteiger partial charge on any atom is 0.0449 e. The van der Waals surface area contributed by atoms with Gasteiger partial charge in [-0.05, 0) is 36.5 Å². The molecule has 3 rings (SSSR count). The zero-order valence-corrected chi connectivity index (χ0v) is 10.8. The standard InChI is InChI=1S/C17H19N/c1-17(13-14-7-3-2-4-8-14)16-10-6-5-9-15(16)11-12-18-17/h2-10,18H,11-13H2,1H3/t17-/m0/s1. The van der Waals surface area contributed by atoms with Crippen molar-refractivity contribution in [2.24, 2.45) is 0 Å². The Morgan fingerprint density at radius 2 is 1.72 bits per heavy atom. The lowest BCUT2D eigenvalue weighted by Gasteiger charge is -2.37. The molecule has 1 aliphatic heterocycles. The van der Waals surface area contributed by atoms with Crippen LogP contribution in [0, 0.1) is 0 Å². The van der Waals surface area contributed by atoms with Gasteiger partial charge in [-0.1, -0.05) is 54.6 Å². The molecule has 1 N–H and O–H groups in total. The second kappa shape index (κ2) is 4.58. The molecule has 0 saturated heterocycles. The normalized spacial score (nSPS) is 22.5. The van der Waals surface area contributed by atoms with Crippen molar-refractivity contribution >= 4 is 0 Å². The third-order valence-electron chi connectivity index (χ3n) is 3.92. The fraction of sp³-hybridized carbons (Fsp3) is 0.294. The van der Waals surface area contributed by atoms with Gasteiger partial charge in [0.15, 0.2) is 0 Å². The Morgan fingerprint density at radius 1 is 1.00 bits per heavy atom. The van der Waals surface area contributed by atoms with Gasteiger partial charge in [-0.15, -0.1) is 0 Å². The van der Waals surface area contributed by atoms with Crippen molar-refractivity contribution in [2.45, 2.75) is 25.3 Å². The van der Waals surface area contributed by atoms with Crippen molar-refractivity contribution < 1.29 is 0 Å². The van der Waals surface area contributed by atoms with E-state index in [9.17, 15) is 0 Å². The molecule has 2 aromatic carbocycles. The second-order valence-electron chi connectivity index (χ2n) is 5.33. The average molecular weight is 237 g/mol. The van der Waals surface area contributed by atoms with Gasteiger partial charge in [0, 0.05) is 12.1 Å². The number of hydrogen-bond acceptors (Lipinski definition) is 1. The molecule has 0 bridgehead atoms. The summed E-state index contributed by atoms with van der Waals surface area (Å²) >= 11 is 0. The first-order valence-electron chi connectivity index (χ1n) is 6.65. The molecule has 0 unspecified atom stereocenters. The highest BCUT2D eigenvalue weighted by Gasteiger charge is 2.31. The fourth-order valence-electron chi connectivity index (χ4n) is 3.01. The Labute approximate surface area is 109 Å². The van der Waals surface area contributed by atoms with Gasteiger partial charge < -0.3 is 5.32 Å². The average Bonchev–Trinajstić information content (AvgIpc) is 2.40. The quantitative estimate of drug-likeness (QED) is 0.845. The molecule has 2 aromatic rings. The van der Waals surface area contributed by atoms with E-state index >= 15 is 0 Å². The van der Waals surface area contributed by atoms with E-state index in [1.807, 2.05) is 0 Å². The van der Waals surface area contributed by atoms with Crippen molar-refractivity contribution in [3.63, 3.8) is 0 Å². The molecule has 92 valence electrons. The second-order valence-corrected chi connectivity index (χ2v) is 5.33. The van der Waals surface area contributed by atoms with Crippen LogP contribution in [0.15, 0.2) is 54.6 Å². The molecule has 0 saturated carbocycles. The van der Waals surface area contributed by atoms with E-state index in [-0.39, 0.29) is 5.54 Å². The monoisotopic (exact) mass is 237 g/mol. The van der Waals surface area contributed by atoms with Gasteiger partial charge >= 0.3 is 0 Å². The van der Waals surface area contributed by atoms with E-state index in [0.29, 0.717) is 0 Å². The van der Waals surface area contributed by atoms with Crippen LogP contribution in [0.1, 0.15) is 23.6 Å². The number of benzene rings is 2. The molecule has 18 heavy (non-hydrogen) atoms. The number of hydrogen-bond donors (Lipinski definition) is 1. The summed E-state index contributed by atoms with van der Waals surface area (Å²) in [6.07, 6.45) is 2.19. The Kier molecular flexibility index (Phi) is 2.92. The van der Waals surface area contributed by atoms with Crippen LogP contribution in [-0.4, -0.2) is 6.54 Å². The molecule has 1 heteroatoms. The smallest absolute Gasteiger partial charge is 0.0449 e. The van der Waals surface area contributed by atoms with Gasteiger partial charge in [0.1, 0.15) is 0 Å². The van der Waals surface area contributed by atoms with Gasteiger partial charge in [0.05, 0.1) is 0 Å². The van der Waals surface area contributed by atoms with Crippen LogP contribution in [0.2, 0.25) is 0 Å². The first kappa shape index (κ1) is 11.5. The van der Waals surface area contributed by atoms with E-state index in [1.165, 1.54) is 16.7 Å². The van der Waals surface area contributed by atoms with Crippen LogP contribution in [0.4, 0.5) is 0 Å². The van der Waals surface area contributed by atoms with Crippen LogP contribution < -0.4 is 5.32 Å². The third kappa shape index (κ3) is 2.06. The van der Waals surface area contributed by atoms with Crippen LogP contribution in [0.25, 0.3) is 0 Å². The predicted octanol–water partition coefficient (Wildman–Crippen LogP) is 3.29. The number of nitrogens with one attached hydrogen (secondary N) is 1. The van der Waals surface area contributed by atoms with E-state index in [4.69, 9.17) is 0 Å². The lowest BCUT2D eigenvalue weighted by atomic mass is 9.80. The van der Waals surface area contributed by atoms with Gasteiger partial charge in [0.2, 0.25) is 0 Å². The Balaban J connectivity index is 1.96. The summed E-state index contributed by atoms with van der Waals surface area (Å²) < 4.78 is 0. The van der Waals surface area contributed by atoms with E-state index in [2.05, 4.69) is 66.8 Å². The largest absolute Gasteiger partial charge is 0.307 e. The Hall–Kier alpha value is -1.60. The summed E-state index contributed by atoms with van der Waals surface area (Å²) in [5.74, 6) is 0. The summed E-state index contributed by atoms with van der Waals surface area (Å²) in [4.78, 5) is 0. The SMILES string of the molecule is C[C@@]1(Cc2ccccc2)NCCc2ccccc21. The van der Waals surface area contributed by atoms with Crippen molar-refractivity contribution in [1.29, 1.82) is 0 Å². The minimum atomic E-state index is 0.0657. The minimum absolute atomic E-state index is 0.0657. The van der Waals surface area contributed by atoms with Crippen molar-refractivity contribution in [2.75, 3.05) is 6.54 Å². The molecule has 1 atom stereocenters. The molecule has 0 amide bonds. The molecule has 1 heterocycles. The van der Waals surface area contributed by atoms with Crippen LogP contribution in [0.3, 0.4) is 0 Å². The summed E-state index contributed by atoms with van der Waals surface area (Å²) in [6, 6.07) is 19.6. The third-order valence-corrected chi connectivity index (χ3v) is 3.92. The molecule has 1 nitrogen and oxygen atoms in total. The van der Waals surface area contributed by atoms with Crippen LogP contribution in [-0.2, 0) is 18.4 Å². The molecule has 0 radical (unpaired) electrons. The number of fused-ring (bicyclic) bond motifs is 1. The van der Waals surface area contributed by atoms with Crippen molar-refractivity contribution in [3.8, 4) is 0 Å². The van der Waals surface area contributed by atoms with Gasteiger partial charge in [0.25, 0.3) is 0 Å². The summed E-state index contributed by atoms with van der Waals surface area (Å²) in [7, 11) is 0. The highest BCUT2D eigenvalue weighted by atomic mass is 15.0. The summed E-state index contributed by atoms with van der Waals surface area (Å²) in [6.45, 7) is 3.39. The first-order chi connectivity index (χ1) is 8.78. The zero-order chi connectivity index (χ0) is 12.4. The maximum absolute atomic E-state index is 3.70. The van der Waals surface area contributed by atoms with Gasteiger partial charge in [-0.2, -0.15) is 0 Å². The topological polar surface area (TPSA) is 12.0 Å². The lowest BCUT2D eigenvalue weighted by molar-refractivity contribution is 0.344. The molecule has 1 aliphatic rings. The van der Waals surface area contributed by atoms with E-state index in [0.717, 1.165) is 19.4 Å². The molecule has 0 spiro atoms. The molecular formula is C17H19N. The van der Waals surface area contributed by atoms with Crippen LogP contribution >= 0.6 is 0 Å². The zero-order valence-electron chi connectivity index (χ0n) is 10.8. The fourth-order valence-corrected chi connectivity index (χ4v) is 3.01. The van der Waals surface area contributed by atoms with Crippen molar-refractivity contribution in [3.05, 3.63) is 71.3 Å². The summed E-state index contributed by atoms with van der Waals surface area (Å²) in [5, 5.41) is 3.70. The van der Waals surface area contributed by atoms with Gasteiger partial charge in [-0.25, -0.2) is 0 Å². The molecule has 0 aromatic heterocycles. The minimum Gasteiger partial charge on any atom is -0.307 e. The Morgan fingerprint density at radius 3 is 2.56 bits per heavy atom. The van der Waals surface area contributed by atoms with Crippen LogP contribution in [0.5, 0.6) is 0 Å². The highest BCUT2D eigenvalue weighted by Crippen LogP contribution is 2.31. The summed E-state index contributed by atoms with van der Waals surface area (Å²) in [5.41, 5.74) is 4.41. The number of rotatable bonds is 2. The predicted molar refractivity (Wildman–Crippen MR) is 75.6 cm³/mol.